The van der Waals surface area contributed by atoms with E-state index in [4.69, 9.17) is 14.6 Å². The van der Waals surface area contributed by atoms with E-state index >= 15 is 0 Å². The molecule has 0 amide bonds. The molecule has 110 valence electrons. The summed E-state index contributed by atoms with van der Waals surface area (Å²) in [4.78, 5) is 2.23. The number of aryl methyl sites for hydroxylation is 1. The maximum Gasteiger partial charge on any atom is 0.134 e. The molecule has 0 bridgehead atoms. The Morgan fingerprint density at radius 3 is 2.76 bits per heavy atom. The van der Waals surface area contributed by atoms with Gasteiger partial charge in [0.05, 0.1) is 18.6 Å². The molecule has 3 aromatic rings. The zero-order valence-corrected chi connectivity index (χ0v) is 12.4. The minimum absolute atomic E-state index is 0.114. The third kappa shape index (κ3) is 2.60. The van der Waals surface area contributed by atoms with E-state index in [9.17, 15) is 0 Å². The number of hydrogen-bond donors (Lipinski definition) is 1. The highest BCUT2D eigenvalue weighted by Crippen LogP contribution is 2.33. The number of nitrogens with zero attached hydrogens (tertiary/aromatic N) is 1. The number of benzene rings is 1. The van der Waals surface area contributed by atoms with Crippen LogP contribution in [0.2, 0.25) is 0 Å². The zero-order chi connectivity index (χ0) is 14.8. The molecule has 4 heteroatoms. The molecule has 2 N–H and O–H groups in total. The average Bonchev–Trinajstić information content (AvgIpc) is 3.08. The Morgan fingerprint density at radius 2 is 2.05 bits per heavy atom. The van der Waals surface area contributed by atoms with Gasteiger partial charge in [-0.2, -0.15) is 0 Å². The first kappa shape index (κ1) is 13.9. The van der Waals surface area contributed by atoms with E-state index in [0.29, 0.717) is 6.54 Å². The smallest absolute Gasteiger partial charge is 0.134 e. The minimum Gasteiger partial charge on any atom is -0.472 e. The van der Waals surface area contributed by atoms with Crippen molar-refractivity contribution in [3.05, 3.63) is 59.7 Å². The van der Waals surface area contributed by atoms with Crippen molar-refractivity contribution in [2.24, 2.45) is 5.73 Å². The van der Waals surface area contributed by atoms with Crippen molar-refractivity contribution in [1.82, 2.24) is 4.90 Å². The van der Waals surface area contributed by atoms with Crippen molar-refractivity contribution < 1.29 is 8.83 Å². The van der Waals surface area contributed by atoms with Crippen molar-refractivity contribution in [3.63, 3.8) is 0 Å². The van der Waals surface area contributed by atoms with Crippen LogP contribution in [-0.4, -0.2) is 18.5 Å². The van der Waals surface area contributed by atoms with Gasteiger partial charge in [-0.3, -0.25) is 4.90 Å². The van der Waals surface area contributed by atoms with E-state index in [1.165, 1.54) is 5.56 Å². The van der Waals surface area contributed by atoms with Gasteiger partial charge in [-0.1, -0.05) is 18.2 Å². The van der Waals surface area contributed by atoms with Gasteiger partial charge in [0.2, 0.25) is 0 Å². The molecule has 1 unspecified atom stereocenters. The third-order valence-electron chi connectivity index (χ3n) is 3.92. The lowest BCUT2D eigenvalue weighted by atomic mass is 10.0. The fourth-order valence-electron chi connectivity index (χ4n) is 2.90. The van der Waals surface area contributed by atoms with Gasteiger partial charge >= 0.3 is 0 Å². The normalized spacial score (nSPS) is 13.1. The summed E-state index contributed by atoms with van der Waals surface area (Å²) in [6, 6.07) is 10.2. The first-order valence-electron chi connectivity index (χ1n) is 7.10. The summed E-state index contributed by atoms with van der Waals surface area (Å²) >= 11 is 0. The molecule has 0 aliphatic heterocycles. The Hall–Kier alpha value is -2.04. The topological polar surface area (TPSA) is 55.5 Å². The fourth-order valence-corrected chi connectivity index (χ4v) is 2.90. The molecule has 21 heavy (non-hydrogen) atoms. The summed E-state index contributed by atoms with van der Waals surface area (Å²) in [5, 5.41) is 1.14. The number of rotatable bonds is 5. The van der Waals surface area contributed by atoms with Gasteiger partial charge in [0.1, 0.15) is 11.3 Å². The molecule has 4 nitrogen and oxygen atoms in total. The molecule has 3 rings (SSSR count). The highest BCUT2D eigenvalue weighted by Gasteiger charge is 2.23. The number of likely N-dealkylation sites (N-methyl/N-ethyl adjacent to an activating group) is 1. The summed E-state index contributed by atoms with van der Waals surface area (Å²) in [5.74, 6) is 0.936. The van der Waals surface area contributed by atoms with Crippen LogP contribution in [0.4, 0.5) is 0 Å². The second-order valence-electron chi connectivity index (χ2n) is 5.37. The molecule has 2 heterocycles. The van der Waals surface area contributed by atoms with Crippen LogP contribution in [0, 0.1) is 6.92 Å². The van der Waals surface area contributed by atoms with Crippen LogP contribution >= 0.6 is 0 Å². The van der Waals surface area contributed by atoms with Crippen LogP contribution in [0.5, 0.6) is 0 Å². The van der Waals surface area contributed by atoms with E-state index in [0.717, 1.165) is 28.8 Å². The monoisotopic (exact) mass is 284 g/mol. The van der Waals surface area contributed by atoms with Gasteiger partial charge in [0.25, 0.3) is 0 Å². The first-order chi connectivity index (χ1) is 10.2. The van der Waals surface area contributed by atoms with E-state index in [-0.39, 0.29) is 6.04 Å². The van der Waals surface area contributed by atoms with Crippen molar-refractivity contribution in [3.8, 4) is 0 Å². The number of nitrogens with two attached hydrogens (primary N) is 1. The molecule has 0 saturated carbocycles. The molecule has 0 fully saturated rings. The predicted molar refractivity (Wildman–Crippen MR) is 82.9 cm³/mol. The third-order valence-corrected chi connectivity index (χ3v) is 3.92. The van der Waals surface area contributed by atoms with Crippen molar-refractivity contribution in [2.45, 2.75) is 19.5 Å². The molecule has 0 aliphatic rings. The summed E-state index contributed by atoms with van der Waals surface area (Å²) in [7, 11) is 2.08. The van der Waals surface area contributed by atoms with Crippen molar-refractivity contribution >= 4 is 11.0 Å². The predicted octanol–water partition coefficient (Wildman–Crippen LogP) is 3.47. The van der Waals surface area contributed by atoms with Crippen molar-refractivity contribution in [2.75, 3.05) is 13.6 Å². The lowest BCUT2D eigenvalue weighted by molar-refractivity contribution is 0.240. The van der Waals surface area contributed by atoms with E-state index in [1.807, 2.05) is 31.2 Å². The molecule has 1 atom stereocenters. The Morgan fingerprint density at radius 1 is 1.24 bits per heavy atom. The average molecular weight is 284 g/mol. The van der Waals surface area contributed by atoms with Crippen LogP contribution in [0.1, 0.15) is 22.9 Å². The lowest BCUT2D eigenvalue weighted by Crippen LogP contribution is -2.30. The summed E-state index contributed by atoms with van der Waals surface area (Å²) in [6.07, 6.45) is 3.46. The molecule has 2 aromatic heterocycles. The highest BCUT2D eigenvalue weighted by atomic mass is 16.3. The van der Waals surface area contributed by atoms with Crippen LogP contribution in [-0.2, 0) is 6.54 Å². The Labute approximate surface area is 124 Å². The number of para-hydroxylation sites is 1. The quantitative estimate of drug-likeness (QED) is 0.779. The summed E-state index contributed by atoms with van der Waals surface area (Å²) in [6.45, 7) is 3.33. The lowest BCUT2D eigenvalue weighted by Gasteiger charge is -2.26. The Kier molecular flexibility index (Phi) is 3.82. The number of fused-ring (bicyclic) bond motifs is 1. The van der Waals surface area contributed by atoms with Gasteiger partial charge in [-0.15, -0.1) is 0 Å². The van der Waals surface area contributed by atoms with E-state index in [2.05, 4.69) is 18.0 Å². The second-order valence-corrected chi connectivity index (χ2v) is 5.37. The molecule has 0 aliphatic carbocycles. The molecule has 0 radical (unpaired) electrons. The maximum atomic E-state index is 6.05. The number of furan rings is 2. The summed E-state index contributed by atoms with van der Waals surface area (Å²) < 4.78 is 11.0. The molecular weight excluding hydrogens is 264 g/mol. The van der Waals surface area contributed by atoms with Gasteiger partial charge in [-0.25, -0.2) is 0 Å². The van der Waals surface area contributed by atoms with Crippen LogP contribution in [0.25, 0.3) is 11.0 Å². The molecule has 0 spiro atoms. The Bertz CT molecular complexity index is 716. The zero-order valence-electron chi connectivity index (χ0n) is 12.4. The standard InChI is InChI=1S/C17H20N2O2/c1-12-17(14-5-3-4-6-16(14)21-12)15(9-18)19(2)10-13-7-8-20-11-13/h3-8,11,15H,9-10,18H2,1-2H3. The number of hydrogen-bond acceptors (Lipinski definition) is 4. The highest BCUT2D eigenvalue weighted by molar-refractivity contribution is 5.82. The van der Waals surface area contributed by atoms with E-state index in [1.54, 1.807) is 12.5 Å². The van der Waals surface area contributed by atoms with Gasteiger partial charge in [-0.05, 0) is 26.1 Å². The maximum absolute atomic E-state index is 6.05. The van der Waals surface area contributed by atoms with E-state index < -0.39 is 0 Å². The minimum atomic E-state index is 0.114. The molecule has 1 aromatic carbocycles. The van der Waals surface area contributed by atoms with Crippen LogP contribution in [0.3, 0.4) is 0 Å². The van der Waals surface area contributed by atoms with Gasteiger partial charge in [0.15, 0.2) is 0 Å². The van der Waals surface area contributed by atoms with Crippen LogP contribution < -0.4 is 5.73 Å². The SMILES string of the molecule is Cc1oc2ccccc2c1C(CN)N(C)Cc1ccoc1. The molecule has 0 saturated heterocycles. The summed E-state index contributed by atoms with van der Waals surface area (Å²) in [5.41, 5.74) is 9.28. The fraction of sp³-hybridized carbons (Fsp3) is 0.294. The van der Waals surface area contributed by atoms with Gasteiger partial charge < -0.3 is 14.6 Å². The Balaban J connectivity index is 1.96. The molecular formula is C17H20N2O2. The van der Waals surface area contributed by atoms with Crippen molar-refractivity contribution in [1.29, 1.82) is 0 Å². The first-order valence-corrected chi connectivity index (χ1v) is 7.10. The largest absolute Gasteiger partial charge is 0.472 e. The van der Waals surface area contributed by atoms with Crippen LogP contribution in [0.15, 0.2) is 51.7 Å². The van der Waals surface area contributed by atoms with Gasteiger partial charge in [0, 0.05) is 29.6 Å². The second kappa shape index (κ2) is 5.76.